The lowest BCUT2D eigenvalue weighted by Crippen LogP contribution is -2.19. The van der Waals surface area contributed by atoms with Gasteiger partial charge in [0.05, 0.1) is 16.3 Å². The average molecular weight is 497 g/mol. The zero-order chi connectivity index (χ0) is 24.9. The second kappa shape index (κ2) is 8.45. The predicted octanol–water partition coefficient (Wildman–Crippen LogP) is 3.93. The highest BCUT2D eigenvalue weighted by Crippen LogP contribution is 2.46. The third-order valence-corrected chi connectivity index (χ3v) is 6.91. The van der Waals surface area contributed by atoms with Crippen LogP contribution in [0.3, 0.4) is 0 Å². The Bertz CT molecular complexity index is 1520. The molecule has 3 heterocycles. The average Bonchev–Trinajstić information content (AvgIpc) is 3.41. The molecule has 0 atom stereocenters. The minimum atomic E-state index is -3.54. The molecule has 3 aromatic heterocycles. The van der Waals surface area contributed by atoms with Gasteiger partial charge in [-0.3, -0.25) is 5.10 Å². The maximum Gasteiger partial charge on any atom is 0.233 e. The van der Waals surface area contributed by atoms with Crippen LogP contribution in [0.25, 0.3) is 5.82 Å². The van der Waals surface area contributed by atoms with Crippen molar-refractivity contribution >= 4 is 33.1 Å². The lowest BCUT2D eigenvalue weighted by atomic mass is 10.1. The number of hydrogen-bond acceptors (Lipinski definition) is 8. The van der Waals surface area contributed by atoms with E-state index in [4.69, 9.17) is 9.97 Å². The molecule has 0 unspecified atom stereocenters. The Morgan fingerprint density at radius 3 is 2.51 bits per heavy atom. The molecule has 0 spiro atoms. The van der Waals surface area contributed by atoms with Crippen LogP contribution < -0.4 is 10.2 Å². The van der Waals surface area contributed by atoms with Gasteiger partial charge >= 0.3 is 0 Å². The number of halogens is 1. The van der Waals surface area contributed by atoms with Gasteiger partial charge in [-0.05, 0) is 56.9 Å². The van der Waals surface area contributed by atoms with Crippen molar-refractivity contribution in [2.45, 2.75) is 37.5 Å². The highest BCUT2D eigenvalue weighted by molar-refractivity contribution is 7.90. The number of anilines is 4. The number of hydrogen-bond donors (Lipinski definition) is 2. The quantitative estimate of drug-likeness (QED) is 0.395. The van der Waals surface area contributed by atoms with Crippen LogP contribution >= 0.6 is 0 Å². The third kappa shape index (κ3) is 4.61. The molecule has 0 bridgehead atoms. The molecular weight excluding hydrogens is 471 g/mol. The van der Waals surface area contributed by atoms with Gasteiger partial charge in [-0.25, -0.2) is 17.5 Å². The molecule has 4 aromatic rings. The van der Waals surface area contributed by atoms with E-state index in [1.165, 1.54) is 17.0 Å². The molecule has 1 aromatic carbocycles. The van der Waals surface area contributed by atoms with E-state index in [1.54, 1.807) is 11.7 Å². The van der Waals surface area contributed by atoms with Crippen molar-refractivity contribution in [3.05, 3.63) is 59.3 Å². The Morgan fingerprint density at radius 1 is 1.17 bits per heavy atom. The first-order valence-electron chi connectivity index (χ1n) is 11.1. The smallest absolute Gasteiger partial charge is 0.233 e. The molecule has 0 aliphatic heterocycles. The van der Waals surface area contributed by atoms with Gasteiger partial charge in [0.2, 0.25) is 5.95 Å². The van der Waals surface area contributed by atoms with Crippen molar-refractivity contribution in [2.24, 2.45) is 0 Å². The van der Waals surface area contributed by atoms with Crippen LogP contribution in [0, 0.1) is 19.7 Å². The molecule has 35 heavy (non-hydrogen) atoms. The van der Waals surface area contributed by atoms with Crippen molar-refractivity contribution in [1.82, 2.24) is 29.9 Å². The van der Waals surface area contributed by atoms with E-state index in [-0.39, 0.29) is 22.4 Å². The summed E-state index contributed by atoms with van der Waals surface area (Å²) in [5, 5.41) is 15.0. The van der Waals surface area contributed by atoms with E-state index in [1.807, 2.05) is 32.2 Å². The molecule has 0 amide bonds. The number of nitrogens with one attached hydrogen (secondary N) is 2. The fraction of sp³-hybridized carbons (Fsp3) is 0.304. The van der Waals surface area contributed by atoms with Crippen LogP contribution in [-0.4, -0.2) is 51.7 Å². The van der Waals surface area contributed by atoms with Gasteiger partial charge in [0.15, 0.2) is 21.5 Å². The SMILES string of the molecule is Cc1ccn(-c2nc(N(C)c3ccc(S(C)(=O)=O)cc3F)nc(Nc3cc(C)[nH]n3)c2C2CC2)n1. The molecule has 1 saturated carbocycles. The molecule has 12 heteroatoms. The van der Waals surface area contributed by atoms with E-state index in [0.29, 0.717) is 17.5 Å². The fourth-order valence-electron chi connectivity index (χ4n) is 3.85. The number of benzene rings is 1. The molecule has 182 valence electrons. The van der Waals surface area contributed by atoms with Crippen molar-refractivity contribution < 1.29 is 12.8 Å². The number of aromatic nitrogens is 6. The zero-order valence-corrected chi connectivity index (χ0v) is 20.6. The van der Waals surface area contributed by atoms with Gasteiger partial charge in [-0.2, -0.15) is 20.2 Å². The summed E-state index contributed by atoms with van der Waals surface area (Å²) < 4.78 is 40.4. The number of nitrogens with zero attached hydrogens (tertiary/aromatic N) is 6. The molecule has 0 radical (unpaired) electrons. The van der Waals surface area contributed by atoms with Crippen LogP contribution in [0.1, 0.15) is 35.7 Å². The topological polar surface area (TPSA) is 122 Å². The minimum absolute atomic E-state index is 0.0962. The summed E-state index contributed by atoms with van der Waals surface area (Å²) in [4.78, 5) is 10.9. The maximum atomic E-state index is 15.0. The van der Waals surface area contributed by atoms with Crippen molar-refractivity contribution in [3.8, 4) is 5.82 Å². The van der Waals surface area contributed by atoms with E-state index in [0.717, 1.165) is 42.1 Å². The Kier molecular flexibility index (Phi) is 5.55. The Hall–Kier alpha value is -3.80. The molecule has 0 saturated heterocycles. The predicted molar refractivity (Wildman–Crippen MR) is 130 cm³/mol. The summed E-state index contributed by atoms with van der Waals surface area (Å²) in [5.74, 6) is 1.55. The lowest BCUT2D eigenvalue weighted by Gasteiger charge is -2.22. The monoisotopic (exact) mass is 496 g/mol. The Balaban J connectivity index is 1.65. The summed E-state index contributed by atoms with van der Waals surface area (Å²) in [7, 11) is -1.91. The summed E-state index contributed by atoms with van der Waals surface area (Å²) in [6, 6.07) is 7.53. The van der Waals surface area contributed by atoms with Crippen molar-refractivity contribution in [3.63, 3.8) is 0 Å². The molecule has 10 nitrogen and oxygen atoms in total. The number of sulfone groups is 1. The summed E-state index contributed by atoms with van der Waals surface area (Å²) in [6.07, 6.45) is 4.87. The first kappa shape index (κ1) is 23.0. The second-order valence-corrected chi connectivity index (χ2v) is 10.8. The Labute approximate surface area is 202 Å². The summed E-state index contributed by atoms with van der Waals surface area (Å²) >= 11 is 0. The zero-order valence-electron chi connectivity index (χ0n) is 19.7. The minimum Gasteiger partial charge on any atom is -0.323 e. The largest absolute Gasteiger partial charge is 0.323 e. The van der Waals surface area contributed by atoms with E-state index in [2.05, 4.69) is 20.6 Å². The molecule has 1 fully saturated rings. The van der Waals surface area contributed by atoms with Gasteiger partial charge in [-0.15, -0.1) is 0 Å². The lowest BCUT2D eigenvalue weighted by molar-refractivity contribution is 0.596. The fourth-order valence-corrected chi connectivity index (χ4v) is 4.48. The molecule has 1 aliphatic carbocycles. The standard InChI is InChI=1S/C23H25FN8O2S/c1-13-9-10-32(30-13)22-20(15-5-6-15)21(25-19-11-14(2)28-29-19)26-23(27-22)31(3)18-8-7-16(12-17(18)24)35(4,33)34/h7-12,15H,5-6H2,1-4H3,(H2,25,26,27,28,29). The summed E-state index contributed by atoms with van der Waals surface area (Å²) in [5.41, 5.74) is 2.78. The number of aromatic amines is 1. The first-order valence-corrected chi connectivity index (χ1v) is 13.0. The normalized spacial score (nSPS) is 13.7. The maximum absolute atomic E-state index is 15.0. The van der Waals surface area contributed by atoms with Crippen LogP contribution in [0.4, 0.5) is 27.7 Å². The molecule has 1 aliphatic rings. The Morgan fingerprint density at radius 2 is 1.94 bits per heavy atom. The van der Waals surface area contributed by atoms with Crippen LogP contribution in [-0.2, 0) is 9.84 Å². The molecular formula is C23H25FN8O2S. The first-order chi connectivity index (χ1) is 16.6. The van der Waals surface area contributed by atoms with Crippen molar-refractivity contribution in [1.29, 1.82) is 0 Å². The van der Waals surface area contributed by atoms with E-state index >= 15 is 4.39 Å². The van der Waals surface area contributed by atoms with Gasteiger partial charge in [0.1, 0.15) is 11.6 Å². The number of aryl methyl sites for hydroxylation is 2. The van der Waals surface area contributed by atoms with Gasteiger partial charge in [0.25, 0.3) is 0 Å². The third-order valence-electron chi connectivity index (χ3n) is 5.80. The number of rotatable bonds is 7. The van der Waals surface area contributed by atoms with Crippen LogP contribution in [0.2, 0.25) is 0 Å². The van der Waals surface area contributed by atoms with E-state index < -0.39 is 15.7 Å². The molecule has 2 N–H and O–H groups in total. The van der Waals surface area contributed by atoms with Crippen LogP contribution in [0.15, 0.2) is 41.4 Å². The van der Waals surface area contributed by atoms with Gasteiger partial charge in [-0.1, -0.05) is 0 Å². The van der Waals surface area contributed by atoms with Crippen LogP contribution in [0.5, 0.6) is 0 Å². The van der Waals surface area contributed by atoms with Crippen molar-refractivity contribution in [2.75, 3.05) is 23.5 Å². The second-order valence-electron chi connectivity index (χ2n) is 8.79. The highest BCUT2D eigenvalue weighted by Gasteiger charge is 2.33. The molecule has 5 rings (SSSR count). The van der Waals surface area contributed by atoms with Gasteiger partial charge < -0.3 is 10.2 Å². The van der Waals surface area contributed by atoms with E-state index in [9.17, 15) is 8.42 Å². The van der Waals surface area contributed by atoms with Gasteiger partial charge in [0, 0.05) is 36.8 Å². The summed E-state index contributed by atoms with van der Waals surface area (Å²) in [6.45, 7) is 3.80. The highest BCUT2D eigenvalue weighted by atomic mass is 32.2. The number of H-pyrrole nitrogens is 1.